The third-order valence-electron chi connectivity index (χ3n) is 12.1. The van der Waals surface area contributed by atoms with Crippen LogP contribution in [0.1, 0.15) is 245 Å². The summed E-state index contributed by atoms with van der Waals surface area (Å²) in [6, 6.07) is 0. The number of hydrogen-bond acceptors (Lipinski definition) is 5. The number of rotatable bonds is 52. The molecule has 1 N–H and O–H groups in total. The molecule has 5 heteroatoms. The Morgan fingerprint density at radius 3 is 0.833 bits per heavy atom. The quantitative estimate of drug-likeness (QED) is 0.0373. The van der Waals surface area contributed by atoms with Crippen LogP contribution in [0.25, 0.3) is 0 Å². The summed E-state index contributed by atoms with van der Waals surface area (Å²) in [6.45, 7) is 3.91. The number of allylic oxidation sites excluding steroid dienone is 24. The van der Waals surface area contributed by atoms with Gasteiger partial charge in [0.05, 0.1) is 6.61 Å². The van der Waals surface area contributed by atoms with Gasteiger partial charge in [-0.2, -0.15) is 0 Å². The fourth-order valence-electron chi connectivity index (χ4n) is 7.80. The maximum Gasteiger partial charge on any atom is 0.306 e. The summed E-state index contributed by atoms with van der Waals surface area (Å²) < 4.78 is 10.7. The van der Waals surface area contributed by atoms with Crippen LogP contribution in [-0.4, -0.2) is 36.4 Å². The lowest BCUT2D eigenvalue weighted by Gasteiger charge is -2.15. The standard InChI is InChI=1S/C67H108O5/c1-3-5-7-9-11-13-15-17-19-21-23-25-27-29-31-33-35-37-39-41-43-45-47-49-51-53-55-57-59-61-66(69)71-64-65(63-68)72-67(70)62-60-58-56-54-52-50-48-46-44-42-40-38-36-34-32-30-28-26-24-22-20-18-16-14-12-10-8-6-4-2/h5-8,11-14,17-20,23-26,29-32,35-38,65,68H,3-4,9-10,15-16,21-22,27-28,33-34,39-64H2,1-2H3/b7-5-,8-6-,13-11-,14-12-,19-17-,20-18-,25-23-,26-24-,31-29-,32-30-,37-35-,38-36-. The van der Waals surface area contributed by atoms with Gasteiger partial charge >= 0.3 is 11.9 Å². The predicted molar refractivity (Wildman–Crippen MR) is 315 cm³/mol. The Morgan fingerprint density at radius 2 is 0.556 bits per heavy atom. The highest BCUT2D eigenvalue weighted by atomic mass is 16.6. The Balaban J connectivity index is 3.57. The van der Waals surface area contributed by atoms with Gasteiger partial charge in [0.25, 0.3) is 0 Å². The number of unbranched alkanes of at least 4 members (excludes halogenated alkanes) is 20. The van der Waals surface area contributed by atoms with E-state index in [-0.39, 0.29) is 25.2 Å². The Hall–Kier alpha value is -4.22. The van der Waals surface area contributed by atoms with Crippen LogP contribution in [0.4, 0.5) is 0 Å². The van der Waals surface area contributed by atoms with Crippen molar-refractivity contribution in [3.8, 4) is 0 Å². The van der Waals surface area contributed by atoms with Crippen molar-refractivity contribution in [3.05, 3.63) is 146 Å². The minimum absolute atomic E-state index is 0.0784. The molecule has 0 heterocycles. The fraction of sp³-hybridized carbons (Fsp3) is 0.612. The molecule has 0 spiro atoms. The smallest absolute Gasteiger partial charge is 0.306 e. The van der Waals surface area contributed by atoms with E-state index in [4.69, 9.17) is 9.47 Å². The lowest BCUT2D eigenvalue weighted by Crippen LogP contribution is -2.28. The SMILES string of the molecule is CC/C=C\C/C=C\C/C=C\C/C=C\C/C=C\C/C=C\CCCCCCCCCCCCC(=O)OCC(CO)OC(=O)CCCCCCCCCCCC/C=C\C/C=C\C/C=C\C/C=C\C/C=C\C/C=C\CC. The van der Waals surface area contributed by atoms with Gasteiger partial charge in [-0.1, -0.05) is 262 Å². The summed E-state index contributed by atoms with van der Waals surface area (Å²) in [5.74, 6) is -0.607. The molecule has 0 amide bonds. The molecule has 0 aromatic carbocycles. The molecule has 1 atom stereocenters. The highest BCUT2D eigenvalue weighted by molar-refractivity contribution is 5.70. The van der Waals surface area contributed by atoms with Crippen LogP contribution in [0.5, 0.6) is 0 Å². The van der Waals surface area contributed by atoms with Gasteiger partial charge in [-0.15, -0.1) is 0 Å². The molecule has 72 heavy (non-hydrogen) atoms. The predicted octanol–water partition coefficient (Wildman–Crippen LogP) is 20.2. The Labute approximate surface area is 444 Å². The van der Waals surface area contributed by atoms with Crippen LogP contribution in [0, 0.1) is 0 Å². The van der Waals surface area contributed by atoms with Crippen LogP contribution >= 0.6 is 0 Å². The zero-order chi connectivity index (χ0) is 52.0. The molecule has 406 valence electrons. The highest BCUT2D eigenvalue weighted by Gasteiger charge is 2.16. The lowest BCUT2D eigenvalue weighted by molar-refractivity contribution is -0.161. The van der Waals surface area contributed by atoms with Crippen LogP contribution in [0.2, 0.25) is 0 Å². The monoisotopic (exact) mass is 993 g/mol. The topological polar surface area (TPSA) is 72.8 Å². The van der Waals surface area contributed by atoms with Gasteiger partial charge in [0, 0.05) is 12.8 Å². The highest BCUT2D eigenvalue weighted by Crippen LogP contribution is 2.15. The first-order valence-corrected chi connectivity index (χ1v) is 29.4. The summed E-state index contributed by atoms with van der Waals surface area (Å²) in [4.78, 5) is 24.6. The van der Waals surface area contributed by atoms with E-state index in [1.54, 1.807) is 0 Å². The van der Waals surface area contributed by atoms with Gasteiger partial charge in [0.2, 0.25) is 0 Å². The molecule has 1 unspecified atom stereocenters. The molecule has 5 nitrogen and oxygen atoms in total. The number of ether oxygens (including phenoxy) is 2. The zero-order valence-electron chi connectivity index (χ0n) is 46.4. The third kappa shape index (κ3) is 58.4. The number of aliphatic hydroxyl groups excluding tert-OH is 1. The molecule has 0 aliphatic rings. The summed E-state index contributed by atoms with van der Waals surface area (Å²) >= 11 is 0. The molecule has 0 bridgehead atoms. The maximum absolute atomic E-state index is 12.3. The third-order valence-corrected chi connectivity index (χ3v) is 12.1. The second-order valence-electron chi connectivity index (χ2n) is 19.0. The van der Waals surface area contributed by atoms with Crippen molar-refractivity contribution in [3.63, 3.8) is 0 Å². The molecule has 0 aromatic rings. The van der Waals surface area contributed by atoms with E-state index in [0.717, 1.165) is 116 Å². The molecule has 0 rings (SSSR count). The fourth-order valence-corrected chi connectivity index (χ4v) is 7.80. The first kappa shape index (κ1) is 67.8. The largest absolute Gasteiger partial charge is 0.462 e. The minimum atomic E-state index is -0.788. The van der Waals surface area contributed by atoms with Crippen molar-refractivity contribution in [2.75, 3.05) is 13.2 Å². The summed E-state index contributed by atoms with van der Waals surface area (Å²) in [7, 11) is 0. The Morgan fingerprint density at radius 1 is 0.319 bits per heavy atom. The first-order chi connectivity index (χ1) is 35.6. The van der Waals surface area contributed by atoms with E-state index in [1.807, 2.05) is 0 Å². The number of carbonyl (C=O) groups excluding carboxylic acids is 2. The molecule has 0 aliphatic heterocycles. The Bertz CT molecular complexity index is 1540. The minimum Gasteiger partial charge on any atom is -0.462 e. The average Bonchev–Trinajstić information content (AvgIpc) is 3.38. The van der Waals surface area contributed by atoms with Crippen LogP contribution in [0.3, 0.4) is 0 Å². The molecular weight excluding hydrogens is 885 g/mol. The second kappa shape index (κ2) is 61.1. The van der Waals surface area contributed by atoms with Gasteiger partial charge < -0.3 is 14.6 Å². The van der Waals surface area contributed by atoms with Gasteiger partial charge in [-0.3, -0.25) is 9.59 Å². The van der Waals surface area contributed by atoms with Gasteiger partial charge in [0.1, 0.15) is 6.61 Å². The normalized spacial score (nSPS) is 13.3. The van der Waals surface area contributed by atoms with Gasteiger partial charge in [-0.25, -0.2) is 0 Å². The number of aliphatic hydroxyl groups is 1. The van der Waals surface area contributed by atoms with E-state index in [0.29, 0.717) is 12.8 Å². The number of esters is 2. The summed E-state index contributed by atoms with van der Waals surface area (Å²) in [6.07, 6.45) is 92.4. The molecule has 0 radical (unpaired) electrons. The number of carbonyl (C=O) groups is 2. The molecule has 0 aromatic heterocycles. The van der Waals surface area contributed by atoms with Crippen LogP contribution in [-0.2, 0) is 19.1 Å². The van der Waals surface area contributed by atoms with E-state index in [1.165, 1.54) is 103 Å². The van der Waals surface area contributed by atoms with E-state index in [2.05, 4.69) is 160 Å². The average molecular weight is 994 g/mol. The second-order valence-corrected chi connectivity index (χ2v) is 19.0. The molecule has 0 fully saturated rings. The summed E-state index contributed by atoms with van der Waals surface area (Å²) in [5.41, 5.74) is 0. The van der Waals surface area contributed by atoms with Crippen molar-refractivity contribution < 1.29 is 24.2 Å². The molecular formula is C67H108O5. The van der Waals surface area contributed by atoms with Crippen molar-refractivity contribution in [2.24, 2.45) is 0 Å². The Kier molecular flexibility index (Phi) is 57.5. The van der Waals surface area contributed by atoms with Gasteiger partial charge in [0.15, 0.2) is 6.10 Å². The van der Waals surface area contributed by atoms with E-state index >= 15 is 0 Å². The van der Waals surface area contributed by atoms with Crippen LogP contribution < -0.4 is 0 Å². The lowest BCUT2D eigenvalue weighted by atomic mass is 10.0. The van der Waals surface area contributed by atoms with Crippen LogP contribution in [0.15, 0.2) is 146 Å². The zero-order valence-corrected chi connectivity index (χ0v) is 46.4. The maximum atomic E-state index is 12.3. The van der Waals surface area contributed by atoms with E-state index < -0.39 is 6.10 Å². The molecule has 0 aliphatic carbocycles. The first-order valence-electron chi connectivity index (χ1n) is 29.4. The molecule has 0 saturated carbocycles. The van der Waals surface area contributed by atoms with Crippen molar-refractivity contribution in [2.45, 2.75) is 251 Å². The van der Waals surface area contributed by atoms with Crippen molar-refractivity contribution in [1.29, 1.82) is 0 Å². The van der Waals surface area contributed by atoms with Crippen molar-refractivity contribution >= 4 is 11.9 Å². The summed E-state index contributed by atoms with van der Waals surface area (Å²) in [5, 5.41) is 9.67. The van der Waals surface area contributed by atoms with Crippen molar-refractivity contribution in [1.82, 2.24) is 0 Å². The van der Waals surface area contributed by atoms with E-state index in [9.17, 15) is 14.7 Å². The number of hydrogen-bond donors (Lipinski definition) is 1. The molecule has 0 saturated heterocycles. The van der Waals surface area contributed by atoms with Gasteiger partial charge in [-0.05, 0) is 116 Å².